The Morgan fingerprint density at radius 1 is 1.29 bits per heavy atom. The normalized spacial score (nSPS) is 21.6. The summed E-state index contributed by atoms with van der Waals surface area (Å²) in [7, 11) is 1.55. The molecule has 2 aliphatic rings. The van der Waals surface area contributed by atoms with Gasteiger partial charge >= 0.3 is 5.97 Å². The molecular weight excluding hydrogens is 396 g/mol. The molecule has 164 valence electrons. The summed E-state index contributed by atoms with van der Waals surface area (Å²) in [4.78, 5) is 15.9. The molecule has 2 aliphatic carbocycles. The Kier molecular flexibility index (Phi) is 7.71. The van der Waals surface area contributed by atoms with Gasteiger partial charge in [-0.15, -0.1) is 0 Å². The smallest absolute Gasteiger partial charge is 0.304 e. The van der Waals surface area contributed by atoms with E-state index in [0.717, 1.165) is 35.6 Å². The molecule has 0 heterocycles. The van der Waals surface area contributed by atoms with E-state index in [9.17, 15) is 10.1 Å². The maximum Gasteiger partial charge on any atom is 0.304 e. The summed E-state index contributed by atoms with van der Waals surface area (Å²) in [6.45, 7) is 2.80. The Labute approximate surface area is 182 Å². The zero-order chi connectivity index (χ0) is 22.2. The van der Waals surface area contributed by atoms with E-state index >= 15 is 0 Å². The molecule has 0 bridgehead atoms. The maximum atomic E-state index is 11.0. The van der Waals surface area contributed by atoms with Crippen LogP contribution in [0, 0.1) is 35.0 Å². The summed E-state index contributed by atoms with van der Waals surface area (Å²) in [5.41, 5.74) is 1.95. The number of aliphatic carboxylic acids is 1. The van der Waals surface area contributed by atoms with Crippen molar-refractivity contribution in [1.29, 1.82) is 5.26 Å². The number of rotatable bonds is 11. The number of carboxylic acid groups (broad SMARTS) is 1. The van der Waals surface area contributed by atoms with Crippen LogP contribution in [0.5, 0.6) is 5.75 Å². The van der Waals surface area contributed by atoms with Crippen molar-refractivity contribution in [3.05, 3.63) is 53.8 Å². The standard InChI is InChI=1S/C24H28N2O5/c1-16-11-21(9-10-22(16)19(13-25)12-24(27)28)30-14-17-3-7-20(8-4-17)31-15-23(26-29-2)18-5-6-18/h3-4,7-11,16,18-19,22H,5-6,12,14-15H2,1-2H3,(H,27,28). The van der Waals surface area contributed by atoms with Gasteiger partial charge in [0.25, 0.3) is 0 Å². The number of carboxylic acids is 1. The highest BCUT2D eigenvalue weighted by Gasteiger charge is 2.29. The molecule has 1 N–H and O–H groups in total. The van der Waals surface area contributed by atoms with Crippen LogP contribution in [0.3, 0.4) is 0 Å². The first-order valence-electron chi connectivity index (χ1n) is 10.5. The molecule has 0 saturated heterocycles. The van der Waals surface area contributed by atoms with Gasteiger partial charge in [-0.25, -0.2) is 0 Å². The summed E-state index contributed by atoms with van der Waals surface area (Å²) in [6, 6.07) is 9.84. The molecule has 31 heavy (non-hydrogen) atoms. The predicted octanol–water partition coefficient (Wildman–Crippen LogP) is 4.31. The maximum absolute atomic E-state index is 11.0. The van der Waals surface area contributed by atoms with Crippen LogP contribution in [0.25, 0.3) is 0 Å². The quantitative estimate of drug-likeness (QED) is 0.419. The second-order valence-corrected chi connectivity index (χ2v) is 7.96. The van der Waals surface area contributed by atoms with Crippen LogP contribution in [0.4, 0.5) is 0 Å². The molecule has 7 nitrogen and oxygen atoms in total. The predicted molar refractivity (Wildman–Crippen MR) is 115 cm³/mol. The van der Waals surface area contributed by atoms with Gasteiger partial charge in [-0.1, -0.05) is 30.3 Å². The lowest BCUT2D eigenvalue weighted by molar-refractivity contribution is -0.138. The first-order chi connectivity index (χ1) is 15.0. The molecule has 7 heteroatoms. The lowest BCUT2D eigenvalue weighted by Gasteiger charge is -2.26. The zero-order valence-electron chi connectivity index (χ0n) is 17.9. The molecule has 0 amide bonds. The van der Waals surface area contributed by atoms with Crippen molar-refractivity contribution in [3.63, 3.8) is 0 Å². The summed E-state index contributed by atoms with van der Waals surface area (Å²) in [5, 5.41) is 22.3. The lowest BCUT2D eigenvalue weighted by atomic mass is 9.79. The van der Waals surface area contributed by atoms with Crippen molar-refractivity contribution < 1.29 is 24.2 Å². The van der Waals surface area contributed by atoms with E-state index in [0.29, 0.717) is 19.1 Å². The van der Waals surface area contributed by atoms with Gasteiger partial charge in [-0.2, -0.15) is 5.26 Å². The Morgan fingerprint density at radius 2 is 2.03 bits per heavy atom. The molecule has 1 saturated carbocycles. The minimum Gasteiger partial charge on any atom is -0.489 e. The van der Waals surface area contributed by atoms with Gasteiger partial charge < -0.3 is 19.4 Å². The van der Waals surface area contributed by atoms with E-state index in [1.54, 1.807) is 7.11 Å². The zero-order valence-corrected chi connectivity index (χ0v) is 17.9. The van der Waals surface area contributed by atoms with Gasteiger partial charge in [0.2, 0.25) is 0 Å². The molecule has 0 spiro atoms. The third-order valence-corrected chi connectivity index (χ3v) is 5.51. The Hall–Kier alpha value is -3.27. The number of oxime groups is 1. The van der Waals surface area contributed by atoms with Gasteiger partial charge in [-0.3, -0.25) is 4.79 Å². The Morgan fingerprint density at radius 3 is 2.61 bits per heavy atom. The van der Waals surface area contributed by atoms with E-state index in [4.69, 9.17) is 19.4 Å². The highest BCUT2D eigenvalue weighted by Crippen LogP contribution is 2.32. The third kappa shape index (κ3) is 6.61. The average Bonchev–Trinajstić information content (AvgIpc) is 3.60. The van der Waals surface area contributed by atoms with Crippen molar-refractivity contribution in [1.82, 2.24) is 0 Å². The molecular formula is C24H28N2O5. The number of benzene rings is 1. The largest absolute Gasteiger partial charge is 0.489 e. The molecule has 3 atom stereocenters. The molecule has 0 radical (unpaired) electrons. The minimum absolute atomic E-state index is 0.0224. The summed E-state index contributed by atoms with van der Waals surface area (Å²) < 4.78 is 11.7. The van der Waals surface area contributed by atoms with Gasteiger partial charge in [-0.05, 0) is 54.5 Å². The molecule has 1 aromatic rings. The molecule has 1 fully saturated rings. The van der Waals surface area contributed by atoms with Crippen LogP contribution in [0.2, 0.25) is 0 Å². The molecule has 3 unspecified atom stereocenters. The average molecular weight is 424 g/mol. The molecule has 0 aliphatic heterocycles. The summed E-state index contributed by atoms with van der Waals surface area (Å²) >= 11 is 0. The number of carbonyl (C=O) groups is 1. The summed E-state index contributed by atoms with van der Waals surface area (Å²) in [6.07, 6.45) is 7.77. The molecule has 0 aromatic heterocycles. The van der Waals surface area contributed by atoms with Crippen LogP contribution in [0.1, 0.15) is 31.7 Å². The van der Waals surface area contributed by atoms with Crippen molar-refractivity contribution in [2.75, 3.05) is 13.7 Å². The van der Waals surface area contributed by atoms with Gasteiger partial charge in [0.1, 0.15) is 31.8 Å². The monoisotopic (exact) mass is 424 g/mol. The Balaban J connectivity index is 1.48. The van der Waals surface area contributed by atoms with Crippen molar-refractivity contribution in [2.24, 2.45) is 28.8 Å². The van der Waals surface area contributed by atoms with Gasteiger partial charge in [0, 0.05) is 5.92 Å². The number of hydrogen-bond donors (Lipinski definition) is 1. The fraction of sp³-hybridized carbons (Fsp3) is 0.458. The highest BCUT2D eigenvalue weighted by molar-refractivity contribution is 5.89. The van der Waals surface area contributed by atoms with Crippen LogP contribution in [-0.2, 0) is 21.0 Å². The third-order valence-electron chi connectivity index (χ3n) is 5.51. The number of ether oxygens (including phenoxy) is 2. The van der Waals surface area contributed by atoms with E-state index in [1.807, 2.05) is 49.4 Å². The van der Waals surface area contributed by atoms with Crippen LogP contribution < -0.4 is 4.74 Å². The van der Waals surface area contributed by atoms with E-state index in [-0.39, 0.29) is 18.3 Å². The first kappa shape index (κ1) is 22.4. The lowest BCUT2D eigenvalue weighted by Crippen LogP contribution is -2.22. The van der Waals surface area contributed by atoms with Crippen LogP contribution in [0.15, 0.2) is 53.4 Å². The molecule has 3 rings (SSSR count). The highest BCUT2D eigenvalue weighted by atomic mass is 16.6. The van der Waals surface area contributed by atoms with Crippen LogP contribution in [-0.4, -0.2) is 30.5 Å². The number of hydrogen-bond acceptors (Lipinski definition) is 6. The van der Waals surface area contributed by atoms with Crippen molar-refractivity contribution in [2.45, 2.75) is 32.8 Å². The minimum atomic E-state index is -0.958. The fourth-order valence-corrected chi connectivity index (χ4v) is 3.62. The number of nitriles is 1. The first-order valence-corrected chi connectivity index (χ1v) is 10.5. The SMILES string of the molecule is CON=C(COc1ccc(COC2=CC(C)C(C(C#N)CC(=O)O)C=C2)cc1)C1CC1. The topological polar surface area (TPSA) is 101 Å². The van der Waals surface area contributed by atoms with Crippen LogP contribution >= 0.6 is 0 Å². The number of nitrogens with zero attached hydrogens (tertiary/aromatic N) is 2. The Bertz CT molecular complexity index is 894. The second-order valence-electron chi connectivity index (χ2n) is 7.96. The van der Waals surface area contributed by atoms with E-state index in [2.05, 4.69) is 11.2 Å². The second kappa shape index (κ2) is 10.7. The van der Waals surface area contributed by atoms with Gasteiger partial charge in [0.05, 0.1) is 24.1 Å². The van der Waals surface area contributed by atoms with E-state index in [1.165, 1.54) is 0 Å². The van der Waals surface area contributed by atoms with Gasteiger partial charge in [0.15, 0.2) is 0 Å². The molecule has 1 aromatic carbocycles. The van der Waals surface area contributed by atoms with Crippen molar-refractivity contribution >= 4 is 11.7 Å². The summed E-state index contributed by atoms with van der Waals surface area (Å²) in [5.74, 6) is 0.354. The fourth-order valence-electron chi connectivity index (χ4n) is 3.62. The van der Waals surface area contributed by atoms with Crippen molar-refractivity contribution in [3.8, 4) is 11.8 Å². The number of allylic oxidation sites excluding steroid dienone is 3. The van der Waals surface area contributed by atoms with E-state index < -0.39 is 11.9 Å².